The minimum absolute atomic E-state index is 0.191. The van der Waals surface area contributed by atoms with E-state index in [1.165, 1.54) is 0 Å². The van der Waals surface area contributed by atoms with Gasteiger partial charge in [-0.15, -0.1) is 5.10 Å². The number of alkyl halides is 3. The Morgan fingerprint density at radius 1 is 1.27 bits per heavy atom. The number of nitrogens with zero attached hydrogens (tertiary/aromatic N) is 5. The van der Waals surface area contributed by atoms with Gasteiger partial charge in [-0.3, -0.25) is 15.0 Å². The zero-order chi connectivity index (χ0) is 18.9. The van der Waals surface area contributed by atoms with Crippen LogP contribution in [0.2, 0.25) is 4.34 Å². The predicted octanol–water partition coefficient (Wildman–Crippen LogP) is 3.44. The second-order valence-electron chi connectivity index (χ2n) is 5.71. The Hall–Kier alpha value is -1.98. The molecular formula is C14H13ClF3N5O2S. The third-order valence-electron chi connectivity index (χ3n) is 4.10. The molecule has 26 heavy (non-hydrogen) atoms. The number of rotatable bonds is 4. The third kappa shape index (κ3) is 4.05. The van der Waals surface area contributed by atoms with E-state index in [-0.39, 0.29) is 5.69 Å². The van der Waals surface area contributed by atoms with Crippen LogP contribution in [0.1, 0.15) is 11.3 Å². The number of nitro benzene ring substituents is 1. The van der Waals surface area contributed by atoms with Crippen LogP contribution >= 0.6 is 23.1 Å². The average Bonchev–Trinajstić information content (AvgIpc) is 2.99. The lowest BCUT2D eigenvalue weighted by Gasteiger charge is -2.35. The minimum atomic E-state index is -4.62. The summed E-state index contributed by atoms with van der Waals surface area (Å²) in [6.45, 7) is 2.55. The van der Waals surface area contributed by atoms with Crippen LogP contribution in [0.25, 0.3) is 0 Å². The second-order valence-corrected chi connectivity index (χ2v) is 7.07. The maximum absolute atomic E-state index is 12.8. The number of hydrogen-bond acceptors (Lipinski definition) is 7. The molecule has 12 heteroatoms. The maximum Gasteiger partial charge on any atom is 0.416 e. The quantitative estimate of drug-likeness (QED) is 0.571. The molecule has 1 aromatic carbocycles. The molecule has 0 bridgehead atoms. The molecular weight excluding hydrogens is 395 g/mol. The van der Waals surface area contributed by atoms with Gasteiger partial charge in [0.1, 0.15) is 15.7 Å². The van der Waals surface area contributed by atoms with Crippen molar-refractivity contribution < 1.29 is 18.1 Å². The molecule has 0 amide bonds. The molecule has 0 aliphatic carbocycles. The van der Waals surface area contributed by atoms with Gasteiger partial charge >= 0.3 is 6.18 Å². The highest BCUT2D eigenvalue weighted by atomic mass is 35.5. The van der Waals surface area contributed by atoms with Gasteiger partial charge in [-0.05, 0) is 12.1 Å². The fourth-order valence-electron chi connectivity index (χ4n) is 2.76. The van der Waals surface area contributed by atoms with Crippen molar-refractivity contribution in [2.75, 3.05) is 31.1 Å². The number of anilines is 1. The van der Waals surface area contributed by atoms with Crippen LogP contribution in [-0.2, 0) is 12.7 Å². The zero-order valence-corrected chi connectivity index (χ0v) is 14.8. The van der Waals surface area contributed by atoms with Crippen molar-refractivity contribution in [3.8, 4) is 0 Å². The fraction of sp³-hybridized carbons (Fsp3) is 0.429. The molecule has 0 N–H and O–H groups in total. The van der Waals surface area contributed by atoms with Crippen molar-refractivity contribution in [1.29, 1.82) is 0 Å². The lowest BCUT2D eigenvalue weighted by Crippen LogP contribution is -2.46. The third-order valence-corrected chi connectivity index (χ3v) is 5.08. The van der Waals surface area contributed by atoms with Crippen LogP contribution in [0.15, 0.2) is 18.2 Å². The summed E-state index contributed by atoms with van der Waals surface area (Å²) in [6, 6.07) is 2.62. The summed E-state index contributed by atoms with van der Waals surface area (Å²) in [5, 5.41) is 15.2. The van der Waals surface area contributed by atoms with Gasteiger partial charge in [0.25, 0.3) is 5.69 Å². The molecule has 0 unspecified atom stereocenters. The smallest absolute Gasteiger partial charge is 0.363 e. The molecule has 0 radical (unpaired) electrons. The van der Waals surface area contributed by atoms with Crippen LogP contribution in [0, 0.1) is 10.1 Å². The Bertz CT molecular complexity index is 808. The fourth-order valence-corrected chi connectivity index (χ4v) is 3.38. The summed E-state index contributed by atoms with van der Waals surface area (Å²) in [4.78, 5) is 14.2. The van der Waals surface area contributed by atoms with Crippen LogP contribution < -0.4 is 4.90 Å². The lowest BCUT2D eigenvalue weighted by atomic mass is 10.1. The molecule has 7 nitrogen and oxygen atoms in total. The number of benzene rings is 1. The van der Waals surface area contributed by atoms with Crippen LogP contribution in [0.5, 0.6) is 0 Å². The highest BCUT2D eigenvalue weighted by Crippen LogP contribution is 2.36. The molecule has 2 aromatic rings. The van der Waals surface area contributed by atoms with Crippen molar-refractivity contribution in [3.63, 3.8) is 0 Å². The first-order valence-corrected chi connectivity index (χ1v) is 8.70. The maximum atomic E-state index is 12.8. The van der Waals surface area contributed by atoms with Crippen molar-refractivity contribution in [2.24, 2.45) is 0 Å². The van der Waals surface area contributed by atoms with Crippen molar-refractivity contribution in [1.82, 2.24) is 14.5 Å². The van der Waals surface area contributed by atoms with Crippen LogP contribution in [-0.4, -0.2) is 45.6 Å². The van der Waals surface area contributed by atoms with Crippen LogP contribution in [0.3, 0.4) is 0 Å². The first-order valence-electron chi connectivity index (χ1n) is 7.55. The van der Waals surface area contributed by atoms with E-state index in [9.17, 15) is 23.3 Å². The predicted molar refractivity (Wildman–Crippen MR) is 90.5 cm³/mol. The Morgan fingerprint density at radius 3 is 2.50 bits per heavy atom. The van der Waals surface area contributed by atoms with E-state index < -0.39 is 22.4 Å². The first kappa shape index (κ1) is 18.8. The highest BCUT2D eigenvalue weighted by molar-refractivity contribution is 7.10. The molecule has 1 fully saturated rings. The van der Waals surface area contributed by atoms with Gasteiger partial charge in [0.15, 0.2) is 0 Å². The van der Waals surface area contributed by atoms with E-state index in [4.69, 9.17) is 11.6 Å². The van der Waals surface area contributed by atoms with Gasteiger partial charge < -0.3 is 4.90 Å². The standard InChI is InChI=1S/C14H13ClF3N5O2S/c15-13-10(19-20-26-13)8-21-3-5-22(6-4-21)11-2-1-9(14(16,17)18)7-12(11)23(24)25/h1-2,7H,3-6,8H2. The molecule has 1 saturated heterocycles. The zero-order valence-electron chi connectivity index (χ0n) is 13.2. The monoisotopic (exact) mass is 407 g/mol. The summed E-state index contributed by atoms with van der Waals surface area (Å²) >= 11 is 7.08. The number of aromatic nitrogens is 2. The average molecular weight is 408 g/mol. The second kappa shape index (κ2) is 7.33. The van der Waals surface area contributed by atoms with Gasteiger partial charge in [-0.1, -0.05) is 16.1 Å². The minimum Gasteiger partial charge on any atom is -0.363 e. The summed E-state index contributed by atoms with van der Waals surface area (Å²) in [5.41, 5.74) is -0.709. The number of nitro groups is 1. The molecule has 0 saturated carbocycles. The molecule has 1 aliphatic heterocycles. The van der Waals surface area contributed by atoms with Gasteiger partial charge in [-0.25, -0.2) is 0 Å². The van der Waals surface area contributed by atoms with Crippen molar-refractivity contribution in [2.45, 2.75) is 12.7 Å². The van der Waals surface area contributed by atoms with Crippen molar-refractivity contribution >= 4 is 34.5 Å². The lowest BCUT2D eigenvalue weighted by molar-refractivity contribution is -0.384. The van der Waals surface area contributed by atoms with Gasteiger partial charge in [-0.2, -0.15) is 13.2 Å². The molecule has 1 aliphatic rings. The van der Waals surface area contributed by atoms with E-state index in [2.05, 4.69) is 14.5 Å². The summed E-state index contributed by atoms with van der Waals surface area (Å²) < 4.78 is 42.7. The number of piperazine rings is 1. The van der Waals surface area contributed by atoms with Gasteiger partial charge in [0.2, 0.25) is 0 Å². The van der Waals surface area contributed by atoms with E-state index in [0.717, 1.165) is 23.7 Å². The Labute approximate surface area is 155 Å². The molecule has 0 spiro atoms. The first-order chi connectivity index (χ1) is 12.3. The number of hydrogen-bond donors (Lipinski definition) is 0. The Balaban J connectivity index is 1.72. The normalized spacial score (nSPS) is 16.1. The summed E-state index contributed by atoms with van der Waals surface area (Å²) in [7, 11) is 0. The highest BCUT2D eigenvalue weighted by Gasteiger charge is 2.34. The van der Waals surface area contributed by atoms with E-state index in [1.54, 1.807) is 4.90 Å². The van der Waals surface area contributed by atoms with Gasteiger partial charge in [0.05, 0.1) is 10.5 Å². The van der Waals surface area contributed by atoms with E-state index >= 15 is 0 Å². The summed E-state index contributed by atoms with van der Waals surface area (Å²) in [5.74, 6) is 0. The van der Waals surface area contributed by atoms with Crippen molar-refractivity contribution in [3.05, 3.63) is 43.9 Å². The Morgan fingerprint density at radius 2 is 1.96 bits per heavy atom. The molecule has 2 heterocycles. The molecule has 3 rings (SSSR count). The molecule has 0 atom stereocenters. The molecule has 1 aromatic heterocycles. The van der Waals surface area contributed by atoms with Gasteiger partial charge in [0, 0.05) is 50.3 Å². The topological polar surface area (TPSA) is 75.4 Å². The van der Waals surface area contributed by atoms with Crippen LogP contribution in [0.4, 0.5) is 24.5 Å². The largest absolute Gasteiger partial charge is 0.416 e. The number of halogens is 4. The Kier molecular flexibility index (Phi) is 5.30. The van der Waals surface area contributed by atoms with E-state index in [0.29, 0.717) is 48.8 Å². The van der Waals surface area contributed by atoms with E-state index in [1.807, 2.05) is 0 Å². The SMILES string of the molecule is O=[N+]([O-])c1cc(C(F)(F)F)ccc1N1CCN(Cc2nnsc2Cl)CC1. The molecule has 140 valence electrons. The summed E-state index contributed by atoms with van der Waals surface area (Å²) in [6.07, 6.45) is -4.62.